The summed E-state index contributed by atoms with van der Waals surface area (Å²) in [6.45, 7) is 8.02. The average Bonchev–Trinajstić information content (AvgIpc) is 2.34. The number of carbonyl (C=O) groups is 3. The van der Waals surface area contributed by atoms with Crippen molar-refractivity contribution in [1.29, 1.82) is 0 Å². The third kappa shape index (κ3) is 7.53. The minimum absolute atomic E-state index is 0.286. The maximum Gasteiger partial charge on any atom is 0.411 e. The van der Waals surface area contributed by atoms with E-state index in [4.69, 9.17) is 4.74 Å². The molecule has 0 rings (SSSR count). The van der Waals surface area contributed by atoms with Crippen LogP contribution in [0.2, 0.25) is 0 Å². The number of aliphatic carboxylic acids is 1. The van der Waals surface area contributed by atoms with E-state index in [1.54, 1.807) is 0 Å². The number of ether oxygens (including phenoxy) is 2. The second-order valence-corrected chi connectivity index (χ2v) is 5.40. The highest BCUT2D eigenvalue weighted by Crippen LogP contribution is 2.19. The van der Waals surface area contributed by atoms with Gasteiger partial charge in [0.15, 0.2) is 0 Å². The topological polar surface area (TPSA) is 102 Å². The van der Waals surface area contributed by atoms with Gasteiger partial charge in [0.2, 0.25) is 6.29 Å². The molecular formula is C14H25NO6. The fourth-order valence-electron chi connectivity index (χ4n) is 1.63. The van der Waals surface area contributed by atoms with Gasteiger partial charge in [0.05, 0.1) is 0 Å². The molecule has 0 bridgehead atoms. The number of carbonyl (C=O) groups excluding carboxylic acids is 2. The van der Waals surface area contributed by atoms with E-state index in [-0.39, 0.29) is 6.42 Å². The van der Waals surface area contributed by atoms with Gasteiger partial charge in [-0.3, -0.25) is 4.79 Å². The van der Waals surface area contributed by atoms with Crippen molar-refractivity contribution in [1.82, 2.24) is 5.32 Å². The normalized spacial score (nSPS) is 16.2. The molecule has 0 heterocycles. The summed E-state index contributed by atoms with van der Waals surface area (Å²) in [7, 11) is 0. The quantitative estimate of drug-likeness (QED) is 0.527. The molecule has 0 aromatic heterocycles. The SMILES string of the molecule is CC[C@@H](C)CC[C@](C)(NC(=O)O[C@H](C)OC(C)=O)C(=O)O. The van der Waals surface area contributed by atoms with Crippen molar-refractivity contribution >= 4 is 18.0 Å². The molecule has 0 radical (unpaired) electrons. The van der Waals surface area contributed by atoms with Gasteiger partial charge in [-0.05, 0) is 25.7 Å². The Hall–Kier alpha value is -1.79. The third-order valence-electron chi connectivity index (χ3n) is 3.29. The van der Waals surface area contributed by atoms with E-state index in [2.05, 4.69) is 10.1 Å². The molecule has 0 saturated heterocycles. The predicted octanol–water partition coefficient (Wildman–Crippen LogP) is 2.29. The van der Waals surface area contributed by atoms with Crippen LogP contribution in [0.3, 0.4) is 0 Å². The first-order valence-corrected chi connectivity index (χ1v) is 7.00. The Labute approximate surface area is 125 Å². The van der Waals surface area contributed by atoms with Crippen LogP contribution in [0.5, 0.6) is 0 Å². The van der Waals surface area contributed by atoms with Gasteiger partial charge < -0.3 is 19.9 Å². The van der Waals surface area contributed by atoms with Crippen molar-refractivity contribution in [3.63, 3.8) is 0 Å². The van der Waals surface area contributed by atoms with Crippen LogP contribution in [0.1, 0.15) is 53.9 Å². The van der Waals surface area contributed by atoms with Gasteiger partial charge in [0, 0.05) is 13.8 Å². The van der Waals surface area contributed by atoms with E-state index in [9.17, 15) is 19.5 Å². The summed E-state index contributed by atoms with van der Waals surface area (Å²) in [5, 5.41) is 11.6. The molecule has 3 atom stereocenters. The van der Waals surface area contributed by atoms with Crippen molar-refractivity contribution in [2.75, 3.05) is 0 Å². The smallest absolute Gasteiger partial charge is 0.411 e. The van der Waals surface area contributed by atoms with Crippen LogP contribution in [-0.2, 0) is 19.1 Å². The van der Waals surface area contributed by atoms with E-state index >= 15 is 0 Å². The molecule has 0 aliphatic heterocycles. The highest BCUT2D eigenvalue weighted by Gasteiger charge is 2.35. The van der Waals surface area contributed by atoms with E-state index in [0.717, 1.165) is 6.42 Å². The Morgan fingerprint density at radius 3 is 2.24 bits per heavy atom. The lowest BCUT2D eigenvalue weighted by Gasteiger charge is -2.27. The van der Waals surface area contributed by atoms with Crippen LogP contribution < -0.4 is 5.32 Å². The van der Waals surface area contributed by atoms with Crippen LogP contribution >= 0.6 is 0 Å². The second-order valence-electron chi connectivity index (χ2n) is 5.40. The molecule has 0 unspecified atom stereocenters. The molecule has 0 aliphatic carbocycles. The largest absolute Gasteiger partial charge is 0.480 e. The van der Waals surface area contributed by atoms with Gasteiger partial charge in [-0.1, -0.05) is 20.3 Å². The Kier molecular flexibility index (Phi) is 7.76. The zero-order chi connectivity index (χ0) is 16.6. The van der Waals surface area contributed by atoms with Crippen LogP contribution in [0.15, 0.2) is 0 Å². The predicted molar refractivity (Wildman–Crippen MR) is 75.6 cm³/mol. The number of carboxylic acids is 1. The van der Waals surface area contributed by atoms with Gasteiger partial charge in [0.1, 0.15) is 5.54 Å². The number of rotatable bonds is 8. The first-order valence-electron chi connectivity index (χ1n) is 7.00. The monoisotopic (exact) mass is 303 g/mol. The van der Waals surface area contributed by atoms with Gasteiger partial charge in [-0.25, -0.2) is 9.59 Å². The molecule has 1 amide bonds. The zero-order valence-electron chi connectivity index (χ0n) is 13.3. The molecule has 122 valence electrons. The lowest BCUT2D eigenvalue weighted by atomic mass is 9.90. The second kappa shape index (κ2) is 8.49. The molecule has 0 fully saturated rings. The summed E-state index contributed by atoms with van der Waals surface area (Å²) >= 11 is 0. The standard InChI is InChI=1S/C14H25NO6/c1-6-9(2)7-8-14(5,12(17)18)15-13(19)21-11(4)20-10(3)16/h9,11H,6-8H2,1-5H3,(H,15,19)(H,17,18)/t9-,11-,14+/m1/s1. The van der Waals surface area contributed by atoms with Crippen molar-refractivity contribution in [3.8, 4) is 0 Å². The first-order chi connectivity index (χ1) is 9.60. The molecule has 0 saturated carbocycles. The number of amides is 1. The fourth-order valence-corrected chi connectivity index (χ4v) is 1.63. The summed E-state index contributed by atoms with van der Waals surface area (Å²) in [5.41, 5.74) is -1.42. The summed E-state index contributed by atoms with van der Waals surface area (Å²) in [6.07, 6.45) is -0.121. The molecule has 21 heavy (non-hydrogen) atoms. The Morgan fingerprint density at radius 2 is 1.81 bits per heavy atom. The first kappa shape index (κ1) is 19.2. The number of alkyl carbamates (subject to hydrolysis) is 1. The summed E-state index contributed by atoms with van der Waals surface area (Å²) in [4.78, 5) is 33.8. The molecule has 0 aliphatic rings. The van der Waals surface area contributed by atoms with E-state index < -0.39 is 29.9 Å². The minimum atomic E-state index is -1.42. The van der Waals surface area contributed by atoms with Crippen LogP contribution in [0, 0.1) is 5.92 Å². The lowest BCUT2D eigenvalue weighted by Crippen LogP contribution is -2.53. The van der Waals surface area contributed by atoms with Crippen molar-refractivity contribution in [2.45, 2.75) is 65.7 Å². The molecule has 0 aromatic carbocycles. The van der Waals surface area contributed by atoms with E-state index in [1.807, 2.05) is 13.8 Å². The number of hydrogen-bond acceptors (Lipinski definition) is 5. The highest BCUT2D eigenvalue weighted by molar-refractivity contribution is 5.83. The number of esters is 1. The minimum Gasteiger partial charge on any atom is -0.480 e. The van der Waals surface area contributed by atoms with Crippen molar-refractivity contribution in [3.05, 3.63) is 0 Å². The molecule has 0 spiro atoms. The Bertz CT molecular complexity index is 384. The average molecular weight is 303 g/mol. The molecule has 2 N–H and O–H groups in total. The maximum absolute atomic E-state index is 11.7. The number of carboxylic acid groups (broad SMARTS) is 1. The number of hydrogen-bond donors (Lipinski definition) is 2. The van der Waals surface area contributed by atoms with Crippen LogP contribution in [0.4, 0.5) is 4.79 Å². The van der Waals surface area contributed by atoms with Crippen molar-refractivity contribution in [2.24, 2.45) is 5.92 Å². The van der Waals surface area contributed by atoms with Gasteiger partial charge in [-0.15, -0.1) is 0 Å². The number of nitrogens with one attached hydrogen (secondary N) is 1. The molecular weight excluding hydrogens is 278 g/mol. The summed E-state index contributed by atoms with van der Waals surface area (Å²) in [6, 6.07) is 0. The maximum atomic E-state index is 11.7. The molecule has 7 nitrogen and oxygen atoms in total. The lowest BCUT2D eigenvalue weighted by molar-refractivity contribution is -0.163. The summed E-state index contributed by atoms with van der Waals surface area (Å²) in [5.74, 6) is -1.36. The van der Waals surface area contributed by atoms with Crippen molar-refractivity contribution < 1.29 is 29.0 Å². The molecule has 0 aromatic rings. The van der Waals surface area contributed by atoms with Gasteiger partial charge in [-0.2, -0.15) is 0 Å². The van der Waals surface area contributed by atoms with Crippen LogP contribution in [0.25, 0.3) is 0 Å². The van der Waals surface area contributed by atoms with E-state index in [0.29, 0.717) is 12.3 Å². The highest BCUT2D eigenvalue weighted by atomic mass is 16.7. The zero-order valence-corrected chi connectivity index (χ0v) is 13.3. The van der Waals surface area contributed by atoms with E-state index in [1.165, 1.54) is 20.8 Å². The Morgan fingerprint density at radius 1 is 1.24 bits per heavy atom. The van der Waals surface area contributed by atoms with Crippen LogP contribution in [-0.4, -0.2) is 35.0 Å². The fraction of sp³-hybridized carbons (Fsp3) is 0.786. The third-order valence-corrected chi connectivity index (χ3v) is 3.29. The van der Waals surface area contributed by atoms with Gasteiger partial charge >= 0.3 is 18.0 Å². The summed E-state index contributed by atoms with van der Waals surface area (Å²) < 4.78 is 9.43. The Balaban J connectivity index is 4.58. The molecule has 7 heteroatoms. The van der Waals surface area contributed by atoms with Gasteiger partial charge in [0.25, 0.3) is 0 Å².